The molecule has 0 radical (unpaired) electrons. The van der Waals surface area contributed by atoms with Gasteiger partial charge in [-0.3, -0.25) is 9.13 Å². The summed E-state index contributed by atoms with van der Waals surface area (Å²) in [6, 6.07) is 9.69. The number of amides is 1. The van der Waals surface area contributed by atoms with E-state index < -0.39 is 5.60 Å². The average Bonchev–Trinajstić information content (AvgIpc) is 2.96. The fourth-order valence-electron chi connectivity index (χ4n) is 3.11. The molecule has 0 N–H and O–H groups in total. The number of likely N-dealkylation sites (tertiary alicyclic amines) is 1. The smallest absolute Gasteiger partial charge is 0.410 e. The van der Waals surface area contributed by atoms with Crippen molar-refractivity contribution < 1.29 is 9.53 Å². The summed E-state index contributed by atoms with van der Waals surface area (Å²) < 4.78 is 8.85. The molecule has 0 spiro atoms. The second kappa shape index (κ2) is 6.78. The van der Waals surface area contributed by atoms with Crippen LogP contribution in [0.3, 0.4) is 0 Å². The molecule has 2 heterocycles. The van der Waals surface area contributed by atoms with E-state index in [1.165, 1.54) is 0 Å². The molecule has 25 heavy (non-hydrogen) atoms. The van der Waals surface area contributed by atoms with Crippen molar-refractivity contribution in [3.05, 3.63) is 53.2 Å². The van der Waals surface area contributed by atoms with E-state index in [9.17, 15) is 9.59 Å². The summed E-state index contributed by atoms with van der Waals surface area (Å²) in [7, 11) is 0. The highest BCUT2D eigenvalue weighted by Gasteiger charge is 2.28. The Kier molecular flexibility index (Phi) is 4.70. The molecular formula is C19H25N3O3. The zero-order chi connectivity index (χ0) is 18.0. The van der Waals surface area contributed by atoms with E-state index in [1.807, 2.05) is 57.3 Å². The summed E-state index contributed by atoms with van der Waals surface area (Å²) in [5, 5.41) is 0. The molecule has 1 amide bonds. The minimum atomic E-state index is -0.488. The Balaban J connectivity index is 1.67. The summed E-state index contributed by atoms with van der Waals surface area (Å²) in [6.45, 7) is 6.79. The first-order valence-electron chi connectivity index (χ1n) is 8.68. The van der Waals surface area contributed by atoms with E-state index in [1.54, 1.807) is 20.2 Å². The highest BCUT2D eigenvalue weighted by atomic mass is 16.6. The van der Waals surface area contributed by atoms with Gasteiger partial charge in [0.05, 0.1) is 5.69 Å². The lowest BCUT2D eigenvalue weighted by Gasteiger charge is -2.33. The van der Waals surface area contributed by atoms with Crippen molar-refractivity contribution in [3.8, 4) is 5.69 Å². The van der Waals surface area contributed by atoms with E-state index in [-0.39, 0.29) is 17.8 Å². The number of benzene rings is 1. The third kappa shape index (κ3) is 3.95. The lowest BCUT2D eigenvalue weighted by molar-refractivity contribution is 0.0187. The van der Waals surface area contributed by atoms with Gasteiger partial charge in [-0.2, -0.15) is 0 Å². The molecule has 1 aromatic heterocycles. The van der Waals surface area contributed by atoms with Crippen LogP contribution in [0.15, 0.2) is 47.5 Å². The number of hydrogen-bond acceptors (Lipinski definition) is 3. The van der Waals surface area contributed by atoms with Crippen molar-refractivity contribution >= 4 is 6.09 Å². The number of nitrogens with zero attached hydrogens (tertiary/aromatic N) is 3. The topological polar surface area (TPSA) is 56.5 Å². The molecule has 134 valence electrons. The largest absolute Gasteiger partial charge is 0.444 e. The van der Waals surface area contributed by atoms with Crippen LogP contribution >= 0.6 is 0 Å². The molecule has 1 aliphatic rings. The number of para-hydroxylation sites is 1. The fraction of sp³-hybridized carbons (Fsp3) is 0.474. The van der Waals surface area contributed by atoms with Gasteiger partial charge in [-0.15, -0.1) is 0 Å². The van der Waals surface area contributed by atoms with Crippen LogP contribution in [0.5, 0.6) is 0 Å². The number of imidazole rings is 1. The van der Waals surface area contributed by atoms with Crippen LogP contribution in [-0.4, -0.2) is 38.8 Å². The molecule has 0 atom stereocenters. The molecule has 1 aromatic carbocycles. The van der Waals surface area contributed by atoms with E-state index in [2.05, 4.69) is 0 Å². The highest BCUT2D eigenvalue weighted by molar-refractivity contribution is 5.68. The fourth-order valence-corrected chi connectivity index (χ4v) is 3.11. The molecule has 0 aliphatic carbocycles. The highest BCUT2D eigenvalue weighted by Crippen LogP contribution is 2.23. The molecular weight excluding hydrogens is 318 g/mol. The van der Waals surface area contributed by atoms with Crippen LogP contribution in [0, 0.1) is 0 Å². The first kappa shape index (κ1) is 17.3. The van der Waals surface area contributed by atoms with Gasteiger partial charge in [0.1, 0.15) is 5.60 Å². The van der Waals surface area contributed by atoms with Gasteiger partial charge in [0, 0.05) is 31.5 Å². The van der Waals surface area contributed by atoms with Gasteiger partial charge in [-0.1, -0.05) is 18.2 Å². The Labute approximate surface area is 147 Å². The second-order valence-electron chi connectivity index (χ2n) is 7.39. The van der Waals surface area contributed by atoms with Crippen molar-refractivity contribution in [2.75, 3.05) is 13.1 Å². The number of carbonyl (C=O) groups is 1. The number of hydrogen-bond donors (Lipinski definition) is 0. The van der Waals surface area contributed by atoms with Gasteiger partial charge < -0.3 is 9.64 Å². The lowest BCUT2D eigenvalue weighted by Crippen LogP contribution is -2.43. The van der Waals surface area contributed by atoms with Gasteiger partial charge in [0.15, 0.2) is 0 Å². The van der Waals surface area contributed by atoms with Gasteiger partial charge in [0.2, 0.25) is 0 Å². The standard InChI is InChI=1S/C19H25N3O3/c1-19(2,3)25-18(24)20-11-9-16(10-12-20)22-14-13-21(17(22)23)15-7-5-4-6-8-15/h4-8,13-14,16H,9-12H2,1-3H3. The van der Waals surface area contributed by atoms with Crippen molar-refractivity contribution in [2.24, 2.45) is 0 Å². The first-order chi connectivity index (χ1) is 11.8. The van der Waals surface area contributed by atoms with Crippen LogP contribution < -0.4 is 5.69 Å². The average molecular weight is 343 g/mol. The third-order valence-electron chi connectivity index (χ3n) is 4.35. The van der Waals surface area contributed by atoms with E-state index in [0.717, 1.165) is 18.5 Å². The Hall–Kier alpha value is -2.50. The van der Waals surface area contributed by atoms with E-state index in [0.29, 0.717) is 13.1 Å². The van der Waals surface area contributed by atoms with Crippen molar-refractivity contribution in [1.82, 2.24) is 14.0 Å². The Morgan fingerprint density at radius 2 is 1.72 bits per heavy atom. The number of piperidine rings is 1. The molecule has 1 saturated heterocycles. The monoisotopic (exact) mass is 343 g/mol. The predicted octanol–water partition coefficient (Wildman–Crippen LogP) is 3.21. The Morgan fingerprint density at radius 3 is 2.32 bits per heavy atom. The van der Waals surface area contributed by atoms with Crippen molar-refractivity contribution in [3.63, 3.8) is 0 Å². The molecule has 0 unspecified atom stereocenters. The Morgan fingerprint density at radius 1 is 1.08 bits per heavy atom. The molecule has 3 rings (SSSR count). The molecule has 1 aliphatic heterocycles. The number of aromatic nitrogens is 2. The molecule has 1 fully saturated rings. The quantitative estimate of drug-likeness (QED) is 0.841. The van der Waals surface area contributed by atoms with Crippen molar-refractivity contribution in [1.29, 1.82) is 0 Å². The number of ether oxygens (including phenoxy) is 1. The second-order valence-corrected chi connectivity index (χ2v) is 7.39. The maximum atomic E-state index is 12.7. The normalized spacial score (nSPS) is 16.0. The first-order valence-corrected chi connectivity index (χ1v) is 8.68. The van der Waals surface area contributed by atoms with Crippen LogP contribution in [0.25, 0.3) is 5.69 Å². The summed E-state index contributed by atoms with van der Waals surface area (Å²) >= 11 is 0. The molecule has 0 bridgehead atoms. The minimum absolute atomic E-state index is 0.0399. The molecule has 6 nitrogen and oxygen atoms in total. The van der Waals surface area contributed by atoms with Crippen LogP contribution in [0.2, 0.25) is 0 Å². The maximum Gasteiger partial charge on any atom is 0.410 e. The van der Waals surface area contributed by atoms with Crippen LogP contribution in [-0.2, 0) is 4.74 Å². The van der Waals surface area contributed by atoms with E-state index >= 15 is 0 Å². The van der Waals surface area contributed by atoms with Crippen molar-refractivity contribution in [2.45, 2.75) is 45.3 Å². The van der Waals surface area contributed by atoms with Crippen LogP contribution in [0.4, 0.5) is 4.79 Å². The summed E-state index contributed by atoms with van der Waals surface area (Å²) in [6.07, 6.45) is 4.86. The Bertz CT molecular complexity index is 778. The third-order valence-corrected chi connectivity index (χ3v) is 4.35. The van der Waals surface area contributed by atoms with Gasteiger partial charge >= 0.3 is 11.8 Å². The number of carbonyl (C=O) groups excluding carboxylic acids is 1. The predicted molar refractivity (Wildman–Crippen MR) is 96.1 cm³/mol. The zero-order valence-corrected chi connectivity index (χ0v) is 15.0. The summed E-state index contributed by atoms with van der Waals surface area (Å²) in [5.41, 5.74) is 0.331. The van der Waals surface area contributed by atoms with Gasteiger partial charge in [0.25, 0.3) is 0 Å². The summed E-state index contributed by atoms with van der Waals surface area (Å²) in [5.74, 6) is 0. The lowest BCUT2D eigenvalue weighted by atomic mass is 10.1. The van der Waals surface area contributed by atoms with Gasteiger partial charge in [-0.05, 0) is 45.7 Å². The molecule has 6 heteroatoms. The zero-order valence-electron chi connectivity index (χ0n) is 15.0. The van der Waals surface area contributed by atoms with E-state index in [4.69, 9.17) is 4.74 Å². The molecule has 2 aromatic rings. The molecule has 0 saturated carbocycles. The van der Waals surface area contributed by atoms with Crippen LogP contribution in [0.1, 0.15) is 39.7 Å². The van der Waals surface area contributed by atoms with Gasteiger partial charge in [-0.25, -0.2) is 9.59 Å². The maximum absolute atomic E-state index is 12.7. The number of rotatable bonds is 2. The SMILES string of the molecule is CC(C)(C)OC(=O)N1CCC(n2ccn(-c3ccccc3)c2=O)CC1. The minimum Gasteiger partial charge on any atom is -0.444 e. The summed E-state index contributed by atoms with van der Waals surface area (Å²) in [4.78, 5) is 26.6.